The number of ether oxygens (including phenoxy) is 2. The van der Waals surface area contributed by atoms with Crippen molar-refractivity contribution in [2.75, 3.05) is 18.4 Å². The molecule has 0 saturated heterocycles. The number of nitrogens with zero attached hydrogens (tertiary/aromatic N) is 2. The molecule has 2 aromatic heterocycles. The zero-order valence-electron chi connectivity index (χ0n) is 20.6. The number of halogens is 4. The molecule has 14 heteroatoms. The number of aromatic nitrogens is 2. The quantitative estimate of drug-likeness (QED) is 0.392. The van der Waals surface area contributed by atoms with Gasteiger partial charge in [0.15, 0.2) is 5.82 Å². The van der Waals surface area contributed by atoms with E-state index in [1.54, 1.807) is 6.92 Å². The summed E-state index contributed by atoms with van der Waals surface area (Å²) in [6, 6.07) is 8.10. The van der Waals surface area contributed by atoms with Crippen LogP contribution in [0, 0.1) is 17.8 Å². The van der Waals surface area contributed by atoms with Crippen molar-refractivity contribution >= 4 is 32.4 Å². The first-order valence-electron chi connectivity index (χ1n) is 11.8. The molecule has 2 unspecified atom stereocenters. The Bertz CT molecular complexity index is 1630. The molecule has 39 heavy (non-hydrogen) atoms. The lowest BCUT2D eigenvalue weighted by Crippen LogP contribution is -2.31. The summed E-state index contributed by atoms with van der Waals surface area (Å²) in [5, 5.41) is 3.91. The van der Waals surface area contributed by atoms with Crippen LogP contribution in [0.1, 0.15) is 13.3 Å². The van der Waals surface area contributed by atoms with Crippen LogP contribution in [0.2, 0.25) is 0 Å². The zero-order valence-corrected chi connectivity index (χ0v) is 21.4. The highest BCUT2D eigenvalue weighted by Crippen LogP contribution is 2.51. The molecule has 0 radical (unpaired) electrons. The van der Waals surface area contributed by atoms with Gasteiger partial charge in [0, 0.05) is 23.4 Å². The van der Waals surface area contributed by atoms with E-state index in [-0.39, 0.29) is 22.2 Å². The minimum Gasteiger partial charge on any atom is -0.495 e. The molecule has 5 rings (SSSR count). The average molecular weight is 570 g/mol. The molecule has 2 aliphatic rings. The second kappa shape index (κ2) is 9.83. The van der Waals surface area contributed by atoms with Crippen LogP contribution in [0.25, 0.3) is 16.6 Å². The van der Waals surface area contributed by atoms with Crippen LogP contribution in [0.3, 0.4) is 0 Å². The van der Waals surface area contributed by atoms with E-state index in [1.165, 1.54) is 60.4 Å². The van der Waals surface area contributed by atoms with Gasteiger partial charge in [0.1, 0.15) is 18.2 Å². The first kappa shape index (κ1) is 26.9. The number of anilines is 1. The van der Waals surface area contributed by atoms with Crippen molar-refractivity contribution in [2.24, 2.45) is 17.8 Å². The van der Waals surface area contributed by atoms with Crippen molar-refractivity contribution in [3.8, 4) is 0 Å². The summed E-state index contributed by atoms with van der Waals surface area (Å²) in [5.41, 5.74) is 0.317. The summed E-state index contributed by atoms with van der Waals surface area (Å²) >= 11 is 0. The molecule has 9 nitrogen and oxygen atoms in total. The molecule has 1 aromatic carbocycles. The highest BCUT2D eigenvalue weighted by Gasteiger charge is 2.48. The standard InChI is InChI=1S/C25H23F4N3O6S/c1-13-23(26)18(17-10-15(17)12-37-25(27,28)29)11-20(36-2)24(13)32-19-5-4-16(9-14(19)3-6-22(32)33)39(34,35)31-21-7-8-38-30-21/h3-9,11,13,15,17,23H,10,12H2,1-2H3,(H,30,31)/t13?,15-,17+,23?/m0/s1. The Morgan fingerprint density at radius 2 is 1.97 bits per heavy atom. The van der Waals surface area contributed by atoms with Crippen LogP contribution < -0.4 is 10.3 Å². The lowest BCUT2D eigenvalue weighted by atomic mass is 9.86. The number of alkyl halides is 4. The second-order valence-electron chi connectivity index (χ2n) is 9.37. The van der Waals surface area contributed by atoms with E-state index < -0.39 is 52.5 Å². The first-order chi connectivity index (χ1) is 18.4. The Hall–Kier alpha value is -3.65. The zero-order chi connectivity index (χ0) is 28.1. The maximum atomic E-state index is 15.7. The summed E-state index contributed by atoms with van der Waals surface area (Å²) in [4.78, 5) is 13.0. The number of benzene rings is 1. The van der Waals surface area contributed by atoms with Gasteiger partial charge < -0.3 is 9.26 Å². The van der Waals surface area contributed by atoms with Gasteiger partial charge in [-0.3, -0.25) is 18.8 Å². The summed E-state index contributed by atoms with van der Waals surface area (Å²) in [5.74, 6) is -1.64. The largest absolute Gasteiger partial charge is 0.522 e. The predicted octanol–water partition coefficient (Wildman–Crippen LogP) is 4.69. The van der Waals surface area contributed by atoms with E-state index in [1.807, 2.05) is 0 Å². The Morgan fingerprint density at radius 3 is 2.64 bits per heavy atom. The van der Waals surface area contributed by atoms with E-state index in [4.69, 9.17) is 4.74 Å². The molecule has 1 saturated carbocycles. The number of allylic oxidation sites excluding steroid dienone is 3. The van der Waals surface area contributed by atoms with Crippen LogP contribution in [0.15, 0.2) is 74.3 Å². The number of fused-ring (bicyclic) bond motifs is 1. The van der Waals surface area contributed by atoms with Crippen molar-refractivity contribution in [3.05, 3.63) is 70.4 Å². The molecule has 0 aliphatic heterocycles. The fourth-order valence-electron chi connectivity index (χ4n) is 4.89. The third kappa shape index (κ3) is 5.30. The number of hydrogen-bond donors (Lipinski definition) is 1. The predicted molar refractivity (Wildman–Crippen MR) is 131 cm³/mol. The average Bonchev–Trinajstić information content (AvgIpc) is 3.48. The van der Waals surface area contributed by atoms with Crippen molar-refractivity contribution in [1.29, 1.82) is 0 Å². The Kier molecular flexibility index (Phi) is 6.79. The van der Waals surface area contributed by atoms with E-state index in [9.17, 15) is 26.4 Å². The summed E-state index contributed by atoms with van der Waals surface area (Å²) in [7, 11) is -2.68. The van der Waals surface area contributed by atoms with Crippen molar-refractivity contribution < 1.29 is 40.0 Å². The van der Waals surface area contributed by atoms with Gasteiger partial charge in [0.2, 0.25) is 0 Å². The van der Waals surface area contributed by atoms with E-state index in [0.29, 0.717) is 22.9 Å². The van der Waals surface area contributed by atoms with Crippen LogP contribution in [0.5, 0.6) is 0 Å². The highest BCUT2D eigenvalue weighted by atomic mass is 32.2. The fraction of sp³-hybridized carbons (Fsp3) is 0.360. The minimum atomic E-state index is -4.76. The Morgan fingerprint density at radius 1 is 1.21 bits per heavy atom. The topological polar surface area (TPSA) is 113 Å². The van der Waals surface area contributed by atoms with E-state index in [2.05, 4.69) is 19.1 Å². The molecule has 2 aliphatic carbocycles. The summed E-state index contributed by atoms with van der Waals surface area (Å²) in [6.07, 6.45) is -3.36. The SMILES string of the molecule is COC1=C(n2c(=O)ccc3cc(S(=O)(=O)Nc4ccon4)ccc32)C(C)C(F)C([C@@H]2C[C@H]2COC(F)(F)F)=C1. The number of pyridine rings is 1. The minimum absolute atomic E-state index is 0.00885. The van der Waals surface area contributed by atoms with Crippen LogP contribution in [-0.2, 0) is 19.5 Å². The molecule has 3 aromatic rings. The third-order valence-electron chi connectivity index (χ3n) is 6.86. The Balaban J connectivity index is 1.53. The number of sulfonamides is 1. The van der Waals surface area contributed by atoms with Crippen LogP contribution in [-0.4, -0.2) is 44.4 Å². The highest BCUT2D eigenvalue weighted by molar-refractivity contribution is 7.92. The van der Waals surface area contributed by atoms with Gasteiger partial charge in [0.25, 0.3) is 15.6 Å². The normalized spacial score (nSPS) is 23.6. The lowest BCUT2D eigenvalue weighted by molar-refractivity contribution is -0.326. The lowest BCUT2D eigenvalue weighted by Gasteiger charge is -2.30. The van der Waals surface area contributed by atoms with Crippen LogP contribution in [0.4, 0.5) is 23.4 Å². The van der Waals surface area contributed by atoms with Crippen molar-refractivity contribution in [2.45, 2.75) is 30.8 Å². The molecule has 1 N–H and O–H groups in total. The van der Waals surface area contributed by atoms with E-state index >= 15 is 4.39 Å². The molecule has 4 atom stereocenters. The van der Waals surface area contributed by atoms with Gasteiger partial charge in [-0.2, -0.15) is 0 Å². The first-order valence-corrected chi connectivity index (χ1v) is 13.3. The van der Waals surface area contributed by atoms with Gasteiger partial charge >= 0.3 is 6.36 Å². The maximum absolute atomic E-state index is 15.7. The van der Waals surface area contributed by atoms with E-state index in [0.717, 1.165) is 0 Å². The number of methoxy groups -OCH3 is 1. The van der Waals surface area contributed by atoms with Gasteiger partial charge in [0.05, 0.1) is 29.8 Å². The molecule has 0 bridgehead atoms. The Labute approximate surface area is 219 Å². The molecule has 2 heterocycles. The van der Waals surface area contributed by atoms with Gasteiger partial charge in [-0.05, 0) is 54.2 Å². The smallest absolute Gasteiger partial charge is 0.495 e. The van der Waals surface area contributed by atoms with Gasteiger partial charge in [-0.15, -0.1) is 13.2 Å². The van der Waals surface area contributed by atoms with Crippen LogP contribution >= 0.6 is 0 Å². The number of hydrogen-bond acceptors (Lipinski definition) is 7. The van der Waals surface area contributed by atoms with Crippen molar-refractivity contribution in [1.82, 2.24) is 9.72 Å². The summed E-state index contributed by atoms with van der Waals surface area (Å²) < 4.78 is 96.2. The van der Waals surface area contributed by atoms with Gasteiger partial charge in [-0.25, -0.2) is 12.8 Å². The molecule has 1 fully saturated rings. The fourth-order valence-corrected chi connectivity index (χ4v) is 5.92. The molecular weight excluding hydrogens is 546 g/mol. The second-order valence-corrected chi connectivity index (χ2v) is 11.0. The van der Waals surface area contributed by atoms with Gasteiger partial charge in [-0.1, -0.05) is 12.1 Å². The van der Waals surface area contributed by atoms with Crippen molar-refractivity contribution in [3.63, 3.8) is 0 Å². The summed E-state index contributed by atoms with van der Waals surface area (Å²) in [6.45, 7) is 0.993. The maximum Gasteiger partial charge on any atom is 0.522 e. The molecule has 208 valence electrons. The monoisotopic (exact) mass is 569 g/mol. The number of nitrogens with one attached hydrogen (secondary N) is 1. The molecule has 0 amide bonds. The molecular formula is C25H23F4N3O6S. The number of rotatable bonds is 8. The molecule has 0 spiro atoms. The third-order valence-corrected chi connectivity index (χ3v) is 8.22.